The average Bonchev–Trinajstić information content (AvgIpc) is 2.46. The molecule has 18 heavy (non-hydrogen) atoms. The van der Waals surface area contributed by atoms with E-state index in [1.807, 2.05) is 42.5 Å². The third-order valence-electron chi connectivity index (χ3n) is 2.57. The van der Waals surface area contributed by atoms with Crippen LogP contribution in [0.4, 0.5) is 0 Å². The van der Waals surface area contributed by atoms with Gasteiger partial charge < -0.3 is 9.84 Å². The molecule has 90 valence electrons. The van der Waals surface area contributed by atoms with E-state index < -0.39 is 0 Å². The summed E-state index contributed by atoms with van der Waals surface area (Å²) in [6, 6.07) is 16.7. The molecule has 0 heterocycles. The molecule has 3 heteroatoms. The fraction of sp³-hybridized carbons (Fsp3) is 0.133. The number of hydrogen-bond donors (Lipinski definition) is 1. The normalized spacial score (nSPS) is 9.78. The van der Waals surface area contributed by atoms with Gasteiger partial charge in [0.15, 0.2) is 0 Å². The Kier molecular flexibility index (Phi) is 3.95. The van der Waals surface area contributed by atoms with Crippen molar-refractivity contribution in [2.75, 3.05) is 0 Å². The second-order valence-electron chi connectivity index (χ2n) is 3.90. The molecule has 0 bridgehead atoms. The first-order valence-corrected chi connectivity index (χ1v) is 5.63. The summed E-state index contributed by atoms with van der Waals surface area (Å²) in [5, 5.41) is 17.7. The van der Waals surface area contributed by atoms with Gasteiger partial charge in [0.25, 0.3) is 0 Å². The number of hydrogen-bond acceptors (Lipinski definition) is 3. The molecule has 0 amide bonds. The Balaban J connectivity index is 2.00. The van der Waals surface area contributed by atoms with Gasteiger partial charge in [-0.1, -0.05) is 24.3 Å². The summed E-state index contributed by atoms with van der Waals surface area (Å²) in [6.07, 6.45) is 0. The van der Waals surface area contributed by atoms with E-state index in [1.165, 1.54) is 0 Å². The highest BCUT2D eigenvalue weighted by molar-refractivity contribution is 5.33. The molecule has 3 nitrogen and oxygen atoms in total. The van der Waals surface area contributed by atoms with Gasteiger partial charge in [0.1, 0.15) is 12.4 Å². The zero-order valence-corrected chi connectivity index (χ0v) is 9.84. The molecular weight excluding hydrogens is 226 g/mol. The van der Waals surface area contributed by atoms with E-state index >= 15 is 0 Å². The molecule has 0 aliphatic rings. The van der Waals surface area contributed by atoms with Crippen LogP contribution in [0, 0.1) is 11.3 Å². The first-order chi connectivity index (χ1) is 8.81. The zero-order chi connectivity index (χ0) is 12.8. The molecule has 0 fully saturated rings. The fourth-order valence-corrected chi connectivity index (χ4v) is 1.59. The van der Waals surface area contributed by atoms with Crippen LogP contribution in [-0.4, -0.2) is 5.11 Å². The Labute approximate surface area is 106 Å². The highest BCUT2D eigenvalue weighted by Gasteiger charge is 1.98. The van der Waals surface area contributed by atoms with Crippen molar-refractivity contribution in [1.29, 1.82) is 5.26 Å². The third kappa shape index (κ3) is 3.09. The molecule has 0 aromatic heterocycles. The van der Waals surface area contributed by atoms with Crippen molar-refractivity contribution in [2.24, 2.45) is 0 Å². The van der Waals surface area contributed by atoms with Crippen molar-refractivity contribution in [3.05, 3.63) is 65.2 Å². The number of benzene rings is 2. The maximum absolute atomic E-state index is 8.92. The van der Waals surface area contributed by atoms with E-state index in [9.17, 15) is 0 Å². The summed E-state index contributed by atoms with van der Waals surface area (Å²) < 4.78 is 5.60. The van der Waals surface area contributed by atoms with E-state index in [-0.39, 0.29) is 6.61 Å². The van der Waals surface area contributed by atoms with Gasteiger partial charge in [-0.15, -0.1) is 0 Å². The minimum Gasteiger partial charge on any atom is -0.489 e. The molecule has 2 aromatic carbocycles. The van der Waals surface area contributed by atoms with Crippen LogP contribution < -0.4 is 4.74 Å². The van der Waals surface area contributed by atoms with Crippen LogP contribution >= 0.6 is 0 Å². The number of aliphatic hydroxyl groups excluding tert-OH is 1. The molecule has 0 spiro atoms. The summed E-state index contributed by atoms with van der Waals surface area (Å²) >= 11 is 0. The second-order valence-corrected chi connectivity index (χ2v) is 3.90. The summed E-state index contributed by atoms with van der Waals surface area (Å²) in [4.78, 5) is 0. The number of nitriles is 1. The lowest BCUT2D eigenvalue weighted by Gasteiger charge is -2.07. The van der Waals surface area contributed by atoms with Gasteiger partial charge in [0.05, 0.1) is 18.2 Å². The van der Waals surface area contributed by atoms with Crippen LogP contribution in [0.2, 0.25) is 0 Å². The van der Waals surface area contributed by atoms with Crippen molar-refractivity contribution in [1.82, 2.24) is 0 Å². The quantitative estimate of drug-likeness (QED) is 0.892. The topological polar surface area (TPSA) is 53.2 Å². The monoisotopic (exact) mass is 239 g/mol. The van der Waals surface area contributed by atoms with E-state index in [0.717, 1.165) is 16.9 Å². The van der Waals surface area contributed by atoms with Crippen LogP contribution in [0.5, 0.6) is 5.75 Å². The summed E-state index contributed by atoms with van der Waals surface area (Å²) in [5.41, 5.74) is 2.45. The smallest absolute Gasteiger partial charge is 0.119 e. The molecular formula is C15H13NO2. The van der Waals surface area contributed by atoms with Crippen LogP contribution in [-0.2, 0) is 13.2 Å². The highest BCUT2D eigenvalue weighted by atomic mass is 16.5. The second kappa shape index (κ2) is 5.85. The molecule has 0 aliphatic heterocycles. The third-order valence-corrected chi connectivity index (χ3v) is 2.57. The lowest BCUT2D eigenvalue weighted by molar-refractivity contribution is 0.280. The van der Waals surface area contributed by atoms with Gasteiger partial charge in [-0.3, -0.25) is 0 Å². The lowest BCUT2D eigenvalue weighted by atomic mass is 10.1. The Bertz CT molecular complexity index is 555. The van der Waals surface area contributed by atoms with E-state index in [4.69, 9.17) is 15.1 Å². The molecule has 0 atom stereocenters. The SMILES string of the molecule is N#Cc1cccc(COc2ccc(CO)cc2)c1. The van der Waals surface area contributed by atoms with Crippen molar-refractivity contribution in [3.8, 4) is 11.8 Å². The van der Waals surface area contributed by atoms with Crippen LogP contribution in [0.25, 0.3) is 0 Å². The lowest BCUT2D eigenvalue weighted by Crippen LogP contribution is -1.96. The van der Waals surface area contributed by atoms with Crippen LogP contribution in [0.1, 0.15) is 16.7 Å². The summed E-state index contributed by atoms with van der Waals surface area (Å²) in [5.74, 6) is 0.745. The molecule has 0 unspecified atom stereocenters. The molecule has 1 N–H and O–H groups in total. The Morgan fingerprint density at radius 1 is 1.06 bits per heavy atom. The van der Waals surface area contributed by atoms with Crippen LogP contribution in [0.3, 0.4) is 0 Å². The summed E-state index contributed by atoms with van der Waals surface area (Å²) in [7, 11) is 0. The zero-order valence-electron chi connectivity index (χ0n) is 9.84. The van der Waals surface area contributed by atoms with Gasteiger partial charge in [-0.05, 0) is 35.4 Å². The number of nitrogens with zero attached hydrogens (tertiary/aromatic N) is 1. The molecule has 0 radical (unpaired) electrons. The average molecular weight is 239 g/mol. The van der Waals surface area contributed by atoms with Gasteiger partial charge >= 0.3 is 0 Å². The first-order valence-electron chi connectivity index (χ1n) is 5.63. The summed E-state index contributed by atoms with van der Waals surface area (Å²) in [6.45, 7) is 0.457. The maximum Gasteiger partial charge on any atom is 0.119 e. The van der Waals surface area contributed by atoms with Crippen molar-refractivity contribution in [3.63, 3.8) is 0 Å². The molecule has 2 aromatic rings. The Morgan fingerprint density at radius 2 is 1.83 bits per heavy atom. The largest absolute Gasteiger partial charge is 0.489 e. The minimum absolute atomic E-state index is 0.0322. The van der Waals surface area contributed by atoms with Gasteiger partial charge in [0, 0.05) is 0 Å². The van der Waals surface area contributed by atoms with E-state index in [1.54, 1.807) is 6.07 Å². The van der Waals surface area contributed by atoms with E-state index in [0.29, 0.717) is 12.2 Å². The number of ether oxygens (including phenoxy) is 1. The number of aliphatic hydroxyl groups is 1. The van der Waals surface area contributed by atoms with E-state index in [2.05, 4.69) is 6.07 Å². The standard InChI is InChI=1S/C15H13NO2/c16-9-13-2-1-3-14(8-13)11-18-15-6-4-12(10-17)5-7-15/h1-8,17H,10-11H2. The predicted octanol–water partition coefficient (Wildman–Crippen LogP) is 2.63. The van der Waals surface area contributed by atoms with Gasteiger partial charge in [-0.25, -0.2) is 0 Å². The first kappa shape index (κ1) is 12.2. The van der Waals surface area contributed by atoms with Crippen molar-refractivity contribution in [2.45, 2.75) is 13.2 Å². The Hall–Kier alpha value is -2.31. The molecule has 2 rings (SSSR count). The van der Waals surface area contributed by atoms with Gasteiger partial charge in [-0.2, -0.15) is 5.26 Å². The predicted molar refractivity (Wildman–Crippen MR) is 67.9 cm³/mol. The molecule has 0 aliphatic carbocycles. The molecule has 0 saturated carbocycles. The van der Waals surface area contributed by atoms with Gasteiger partial charge in [0.2, 0.25) is 0 Å². The van der Waals surface area contributed by atoms with Crippen LogP contribution in [0.15, 0.2) is 48.5 Å². The van der Waals surface area contributed by atoms with Crippen molar-refractivity contribution < 1.29 is 9.84 Å². The Morgan fingerprint density at radius 3 is 2.50 bits per heavy atom. The van der Waals surface area contributed by atoms with Crippen molar-refractivity contribution >= 4 is 0 Å². The highest BCUT2D eigenvalue weighted by Crippen LogP contribution is 2.14. The number of rotatable bonds is 4. The maximum atomic E-state index is 8.92. The minimum atomic E-state index is 0.0322. The fourth-order valence-electron chi connectivity index (χ4n) is 1.59. The molecule has 0 saturated heterocycles.